The predicted octanol–water partition coefficient (Wildman–Crippen LogP) is 4.71. The van der Waals surface area contributed by atoms with Crippen molar-refractivity contribution in [2.75, 3.05) is 26.9 Å². The van der Waals surface area contributed by atoms with Gasteiger partial charge in [-0.3, -0.25) is 0 Å². The van der Waals surface area contributed by atoms with Crippen LogP contribution in [0.15, 0.2) is 12.4 Å². The van der Waals surface area contributed by atoms with E-state index in [-0.39, 0.29) is 10.8 Å². The lowest BCUT2D eigenvalue weighted by atomic mass is 9.89. The van der Waals surface area contributed by atoms with Gasteiger partial charge in [-0.25, -0.2) is 0 Å². The van der Waals surface area contributed by atoms with Gasteiger partial charge in [-0.2, -0.15) is 0 Å². The molecule has 2 rings (SSSR count). The van der Waals surface area contributed by atoms with Crippen molar-refractivity contribution in [3.63, 3.8) is 0 Å². The first-order chi connectivity index (χ1) is 10.5. The quantitative estimate of drug-likeness (QED) is 0.792. The van der Waals surface area contributed by atoms with E-state index in [4.69, 9.17) is 4.74 Å². The molecule has 4 heteroatoms. The zero-order chi connectivity index (χ0) is 17.4. The van der Waals surface area contributed by atoms with Gasteiger partial charge in [0.15, 0.2) is 0 Å². The van der Waals surface area contributed by atoms with Crippen molar-refractivity contribution in [3.05, 3.63) is 27.7 Å². The Bertz CT molecular complexity index is 575. The Hall–Kier alpha value is -1.16. The van der Waals surface area contributed by atoms with Gasteiger partial charge in [-0.15, -0.1) is 11.3 Å². The van der Waals surface area contributed by atoms with E-state index in [2.05, 4.69) is 77.7 Å². The summed E-state index contributed by atoms with van der Waals surface area (Å²) in [6.45, 7) is 18.5. The fourth-order valence-electron chi connectivity index (χ4n) is 2.88. The van der Waals surface area contributed by atoms with Crippen LogP contribution in [0.3, 0.4) is 0 Å². The maximum atomic E-state index is 6.28. The van der Waals surface area contributed by atoms with Crippen LogP contribution in [0.2, 0.25) is 0 Å². The average molecular weight is 337 g/mol. The van der Waals surface area contributed by atoms with Gasteiger partial charge in [0, 0.05) is 29.9 Å². The van der Waals surface area contributed by atoms with E-state index in [0.29, 0.717) is 0 Å². The van der Waals surface area contributed by atoms with Crippen molar-refractivity contribution < 1.29 is 4.74 Å². The summed E-state index contributed by atoms with van der Waals surface area (Å²) in [6, 6.07) is 0. The van der Waals surface area contributed by atoms with E-state index in [1.807, 2.05) is 11.3 Å². The van der Waals surface area contributed by atoms with Crippen molar-refractivity contribution in [3.8, 4) is 5.75 Å². The average Bonchev–Trinajstić information content (AvgIpc) is 2.93. The van der Waals surface area contributed by atoms with Gasteiger partial charge in [-0.1, -0.05) is 41.5 Å². The zero-order valence-corrected chi connectivity index (χ0v) is 16.8. The van der Waals surface area contributed by atoms with Gasteiger partial charge in [0.2, 0.25) is 0 Å². The Kier molecular flexibility index (Phi) is 5.05. The molecule has 1 aromatic rings. The normalized spacial score (nSPS) is 15.7. The minimum atomic E-state index is 0.113. The molecule has 130 valence electrons. The molecule has 0 radical (unpaired) electrons. The Balaban J connectivity index is 2.16. The smallest absolute Gasteiger partial charge is 0.137 e. The van der Waals surface area contributed by atoms with Crippen LogP contribution in [-0.2, 0) is 10.8 Å². The second-order valence-corrected chi connectivity index (χ2v) is 9.59. The number of hydrogen-bond acceptors (Lipinski definition) is 4. The lowest BCUT2D eigenvalue weighted by Crippen LogP contribution is -2.27. The van der Waals surface area contributed by atoms with Crippen LogP contribution in [-0.4, -0.2) is 36.7 Å². The van der Waals surface area contributed by atoms with Crippen LogP contribution in [0, 0.1) is 6.92 Å². The molecule has 0 saturated heterocycles. The predicted molar refractivity (Wildman–Crippen MR) is 100 cm³/mol. The highest BCUT2D eigenvalue weighted by Gasteiger charge is 2.30. The van der Waals surface area contributed by atoms with Gasteiger partial charge >= 0.3 is 0 Å². The summed E-state index contributed by atoms with van der Waals surface area (Å²) in [5.74, 6) is 1.11. The molecule has 0 amide bonds. The van der Waals surface area contributed by atoms with E-state index >= 15 is 0 Å². The van der Waals surface area contributed by atoms with Crippen molar-refractivity contribution in [2.45, 2.75) is 59.3 Å². The molecule has 0 N–H and O–H groups in total. The van der Waals surface area contributed by atoms with Crippen LogP contribution in [0.25, 0.3) is 0 Å². The number of rotatable bonds is 4. The summed E-state index contributed by atoms with van der Waals surface area (Å²) in [5.41, 5.74) is 1.60. The molecule has 0 bridgehead atoms. The summed E-state index contributed by atoms with van der Waals surface area (Å²) >= 11 is 1.92. The highest BCUT2D eigenvalue weighted by Crippen LogP contribution is 2.46. The molecule has 2 heterocycles. The first-order valence-corrected chi connectivity index (χ1v) is 9.21. The standard InChI is InChI=1S/C19H32N2OS/c1-14-15(22-12-11-21-10-9-20(8)13-21)17(19(5,6)7)23-16(14)18(2,3)4/h9-10H,11-13H2,1-8H3. The van der Waals surface area contributed by atoms with Gasteiger partial charge in [0.05, 0.1) is 18.1 Å². The fourth-order valence-corrected chi connectivity index (χ4v) is 4.25. The Labute approximate surface area is 145 Å². The number of thiophene rings is 1. The number of hydrogen-bond donors (Lipinski definition) is 0. The van der Waals surface area contributed by atoms with Crippen LogP contribution in [0.5, 0.6) is 5.75 Å². The van der Waals surface area contributed by atoms with Gasteiger partial charge in [-0.05, 0) is 17.8 Å². The lowest BCUT2D eigenvalue weighted by molar-refractivity contribution is 0.227. The van der Waals surface area contributed by atoms with Crippen LogP contribution in [0.1, 0.15) is 56.9 Å². The third kappa shape index (κ3) is 4.23. The fraction of sp³-hybridized carbons (Fsp3) is 0.684. The molecule has 0 unspecified atom stereocenters. The third-order valence-electron chi connectivity index (χ3n) is 4.02. The number of nitrogens with zero attached hydrogens (tertiary/aromatic N) is 2. The summed E-state index contributed by atoms with van der Waals surface area (Å²) < 4.78 is 6.28. The highest BCUT2D eigenvalue weighted by molar-refractivity contribution is 7.12. The molecule has 1 aromatic heterocycles. The maximum absolute atomic E-state index is 6.28. The van der Waals surface area contributed by atoms with Crippen LogP contribution >= 0.6 is 11.3 Å². The molecule has 0 saturated carbocycles. The van der Waals surface area contributed by atoms with Crippen LogP contribution in [0.4, 0.5) is 0 Å². The summed E-state index contributed by atoms with van der Waals surface area (Å²) in [5, 5.41) is 0. The third-order valence-corrected chi connectivity index (χ3v) is 6.14. The molecular weight excluding hydrogens is 304 g/mol. The minimum Gasteiger partial charge on any atom is -0.490 e. The molecule has 0 atom stereocenters. The first kappa shape index (κ1) is 18.2. The number of ether oxygens (including phenoxy) is 1. The Morgan fingerprint density at radius 1 is 1.04 bits per heavy atom. The molecular formula is C19H32N2OS. The molecule has 1 aliphatic heterocycles. The minimum absolute atomic E-state index is 0.113. The SMILES string of the molecule is Cc1c(C(C)(C)C)sc(C(C)(C)C)c1OCCN1C=CN(C)C1. The topological polar surface area (TPSA) is 15.7 Å². The largest absolute Gasteiger partial charge is 0.490 e. The van der Waals surface area contributed by atoms with E-state index in [1.165, 1.54) is 15.3 Å². The first-order valence-electron chi connectivity index (χ1n) is 8.40. The van der Waals surface area contributed by atoms with Gasteiger partial charge in [0.25, 0.3) is 0 Å². The highest BCUT2D eigenvalue weighted by atomic mass is 32.1. The second kappa shape index (κ2) is 6.39. The van der Waals surface area contributed by atoms with Gasteiger partial charge < -0.3 is 14.5 Å². The van der Waals surface area contributed by atoms with E-state index in [0.717, 1.165) is 25.6 Å². The molecule has 0 aromatic carbocycles. The van der Waals surface area contributed by atoms with Crippen LogP contribution < -0.4 is 4.74 Å². The second-order valence-electron chi connectivity index (χ2n) is 8.57. The Morgan fingerprint density at radius 2 is 1.65 bits per heavy atom. The Morgan fingerprint density at radius 3 is 2.13 bits per heavy atom. The molecule has 23 heavy (non-hydrogen) atoms. The molecule has 0 aliphatic carbocycles. The summed E-state index contributed by atoms with van der Waals surface area (Å²) in [4.78, 5) is 7.27. The lowest BCUT2D eigenvalue weighted by Gasteiger charge is -2.21. The molecule has 3 nitrogen and oxygen atoms in total. The van der Waals surface area contributed by atoms with Crippen molar-refractivity contribution in [1.29, 1.82) is 0 Å². The van der Waals surface area contributed by atoms with Crippen molar-refractivity contribution >= 4 is 11.3 Å². The monoisotopic (exact) mass is 336 g/mol. The summed E-state index contributed by atoms with van der Waals surface area (Å²) in [7, 11) is 2.09. The summed E-state index contributed by atoms with van der Waals surface area (Å²) in [6.07, 6.45) is 4.24. The van der Waals surface area contributed by atoms with Gasteiger partial charge in [0.1, 0.15) is 12.4 Å². The van der Waals surface area contributed by atoms with Crippen molar-refractivity contribution in [1.82, 2.24) is 9.80 Å². The van der Waals surface area contributed by atoms with E-state index in [9.17, 15) is 0 Å². The zero-order valence-electron chi connectivity index (χ0n) is 16.0. The molecule has 1 aliphatic rings. The van der Waals surface area contributed by atoms with E-state index in [1.54, 1.807) is 0 Å². The maximum Gasteiger partial charge on any atom is 0.137 e. The van der Waals surface area contributed by atoms with Crippen molar-refractivity contribution in [2.24, 2.45) is 0 Å². The van der Waals surface area contributed by atoms with E-state index < -0.39 is 0 Å². The molecule has 0 fully saturated rings. The molecule has 0 spiro atoms.